The highest BCUT2D eigenvalue weighted by molar-refractivity contribution is 7.98. The molecule has 7 nitrogen and oxygen atoms in total. The van der Waals surface area contributed by atoms with Gasteiger partial charge in [-0.05, 0) is 13.2 Å². The molecule has 0 radical (unpaired) electrons. The van der Waals surface area contributed by atoms with E-state index in [0.29, 0.717) is 17.8 Å². The van der Waals surface area contributed by atoms with Crippen LogP contribution in [0.1, 0.15) is 6.92 Å². The molecule has 2 aromatic rings. The molecule has 0 saturated heterocycles. The van der Waals surface area contributed by atoms with Crippen molar-refractivity contribution in [1.29, 1.82) is 0 Å². The molecular formula is C11H17N7S. The van der Waals surface area contributed by atoms with E-state index in [1.165, 1.54) is 0 Å². The summed E-state index contributed by atoms with van der Waals surface area (Å²) in [5, 5.41) is 6.29. The van der Waals surface area contributed by atoms with E-state index in [9.17, 15) is 0 Å². The lowest BCUT2D eigenvalue weighted by atomic mass is 10.7. The quantitative estimate of drug-likeness (QED) is 0.738. The van der Waals surface area contributed by atoms with Gasteiger partial charge in [0, 0.05) is 31.2 Å². The Morgan fingerprint density at radius 1 is 1.21 bits per heavy atom. The van der Waals surface area contributed by atoms with Crippen molar-refractivity contribution in [3.8, 4) is 5.95 Å². The van der Waals surface area contributed by atoms with Crippen molar-refractivity contribution in [3.05, 3.63) is 18.7 Å². The van der Waals surface area contributed by atoms with Crippen LogP contribution in [0.15, 0.2) is 18.7 Å². The summed E-state index contributed by atoms with van der Waals surface area (Å²) in [5.41, 5.74) is 0. The van der Waals surface area contributed by atoms with Crippen molar-refractivity contribution < 1.29 is 0 Å². The summed E-state index contributed by atoms with van der Waals surface area (Å²) in [6, 6.07) is 0. The minimum atomic E-state index is 0.551. The fourth-order valence-corrected chi connectivity index (χ4v) is 1.74. The molecule has 0 atom stereocenters. The topological polar surface area (TPSA) is 80.5 Å². The average molecular weight is 279 g/mol. The summed E-state index contributed by atoms with van der Waals surface area (Å²) in [4.78, 5) is 17.0. The highest BCUT2D eigenvalue weighted by atomic mass is 32.2. The Labute approximate surface area is 116 Å². The Morgan fingerprint density at radius 2 is 2.00 bits per heavy atom. The lowest BCUT2D eigenvalue weighted by molar-refractivity contribution is 0.890. The molecule has 2 N–H and O–H groups in total. The zero-order valence-corrected chi connectivity index (χ0v) is 11.8. The number of thioether (sulfide) groups is 1. The molecular weight excluding hydrogens is 262 g/mol. The second kappa shape index (κ2) is 6.93. The van der Waals surface area contributed by atoms with Crippen molar-refractivity contribution in [2.24, 2.45) is 0 Å². The van der Waals surface area contributed by atoms with E-state index in [2.05, 4.69) is 36.8 Å². The third-order valence-electron chi connectivity index (χ3n) is 2.28. The van der Waals surface area contributed by atoms with Gasteiger partial charge in [-0.25, -0.2) is 4.98 Å². The van der Waals surface area contributed by atoms with Gasteiger partial charge in [0.05, 0.1) is 0 Å². The van der Waals surface area contributed by atoms with Gasteiger partial charge in [0.1, 0.15) is 6.33 Å². The standard InChI is InChI=1S/C11H17N7S/c1-3-13-9-15-10(14-5-7-19-2)17-11(16-9)18-6-4-12-8-18/h4,6,8H,3,5,7H2,1-2H3,(H2,13,14,15,16,17). The molecule has 0 fully saturated rings. The third-order valence-corrected chi connectivity index (χ3v) is 2.90. The van der Waals surface area contributed by atoms with Crippen LogP contribution in [-0.4, -0.2) is 49.6 Å². The Bertz CT molecular complexity index is 500. The van der Waals surface area contributed by atoms with Gasteiger partial charge in [-0.2, -0.15) is 26.7 Å². The number of rotatable bonds is 7. The summed E-state index contributed by atoms with van der Waals surface area (Å²) in [5.74, 6) is 2.69. The first kappa shape index (κ1) is 13.6. The maximum absolute atomic E-state index is 4.37. The number of aromatic nitrogens is 5. The second-order valence-electron chi connectivity index (χ2n) is 3.70. The highest BCUT2D eigenvalue weighted by Gasteiger charge is 2.07. The molecule has 19 heavy (non-hydrogen) atoms. The van der Waals surface area contributed by atoms with Gasteiger partial charge in [0.15, 0.2) is 0 Å². The van der Waals surface area contributed by atoms with Gasteiger partial charge in [0.25, 0.3) is 0 Å². The zero-order valence-electron chi connectivity index (χ0n) is 11.0. The van der Waals surface area contributed by atoms with Crippen LogP contribution in [0.4, 0.5) is 11.9 Å². The third kappa shape index (κ3) is 3.82. The maximum Gasteiger partial charge on any atom is 0.241 e. The number of hydrogen-bond donors (Lipinski definition) is 2. The van der Waals surface area contributed by atoms with Crippen LogP contribution in [0.5, 0.6) is 0 Å². The number of nitrogens with one attached hydrogen (secondary N) is 2. The van der Waals surface area contributed by atoms with E-state index in [-0.39, 0.29) is 0 Å². The monoisotopic (exact) mass is 279 g/mol. The van der Waals surface area contributed by atoms with Crippen molar-refractivity contribution in [1.82, 2.24) is 24.5 Å². The van der Waals surface area contributed by atoms with Crippen molar-refractivity contribution >= 4 is 23.7 Å². The Balaban J connectivity index is 2.22. The number of hydrogen-bond acceptors (Lipinski definition) is 7. The minimum Gasteiger partial charge on any atom is -0.354 e. The number of imidazole rings is 1. The lowest BCUT2D eigenvalue weighted by Crippen LogP contribution is -2.13. The van der Waals surface area contributed by atoms with Crippen LogP contribution in [0.3, 0.4) is 0 Å². The van der Waals surface area contributed by atoms with E-state index in [1.807, 2.05) is 6.92 Å². The summed E-state index contributed by atoms with van der Waals surface area (Å²) < 4.78 is 1.75. The number of nitrogens with zero attached hydrogens (tertiary/aromatic N) is 5. The van der Waals surface area contributed by atoms with Gasteiger partial charge >= 0.3 is 0 Å². The first-order valence-electron chi connectivity index (χ1n) is 6.04. The predicted octanol–water partition coefficient (Wildman–Crippen LogP) is 1.26. The van der Waals surface area contributed by atoms with Crippen LogP contribution in [0, 0.1) is 0 Å². The molecule has 2 rings (SSSR count). The van der Waals surface area contributed by atoms with E-state index < -0.39 is 0 Å². The van der Waals surface area contributed by atoms with Crippen LogP contribution in [0.25, 0.3) is 5.95 Å². The zero-order chi connectivity index (χ0) is 13.5. The Kier molecular flexibility index (Phi) is 4.96. The summed E-state index contributed by atoms with van der Waals surface area (Å²) in [6.45, 7) is 3.58. The largest absolute Gasteiger partial charge is 0.354 e. The van der Waals surface area contributed by atoms with E-state index in [0.717, 1.165) is 18.8 Å². The summed E-state index contributed by atoms with van der Waals surface area (Å²) in [6.07, 6.45) is 7.22. The van der Waals surface area contributed by atoms with Crippen molar-refractivity contribution in [2.45, 2.75) is 6.92 Å². The fraction of sp³-hybridized carbons (Fsp3) is 0.455. The highest BCUT2D eigenvalue weighted by Crippen LogP contribution is 2.09. The Hall–Kier alpha value is -1.83. The molecule has 0 unspecified atom stereocenters. The van der Waals surface area contributed by atoms with Crippen molar-refractivity contribution in [3.63, 3.8) is 0 Å². The van der Waals surface area contributed by atoms with Gasteiger partial charge in [-0.3, -0.25) is 4.57 Å². The van der Waals surface area contributed by atoms with Gasteiger partial charge in [-0.1, -0.05) is 0 Å². The van der Waals surface area contributed by atoms with Crippen LogP contribution < -0.4 is 10.6 Å². The summed E-state index contributed by atoms with van der Waals surface area (Å²) >= 11 is 1.77. The second-order valence-corrected chi connectivity index (χ2v) is 4.69. The van der Waals surface area contributed by atoms with Gasteiger partial charge in [-0.15, -0.1) is 0 Å². The molecule has 2 heterocycles. The maximum atomic E-state index is 4.37. The van der Waals surface area contributed by atoms with Gasteiger partial charge < -0.3 is 10.6 Å². The van der Waals surface area contributed by atoms with E-state index in [4.69, 9.17) is 0 Å². The SMILES string of the molecule is CCNc1nc(NCCSC)nc(-n2ccnc2)n1. The van der Waals surface area contributed by atoms with Crippen LogP contribution >= 0.6 is 11.8 Å². The van der Waals surface area contributed by atoms with Gasteiger partial charge in [0.2, 0.25) is 17.8 Å². The molecule has 0 spiro atoms. The summed E-state index contributed by atoms with van der Waals surface area (Å²) in [7, 11) is 0. The molecule has 0 bridgehead atoms. The molecule has 8 heteroatoms. The molecule has 0 saturated carbocycles. The Morgan fingerprint density at radius 3 is 2.63 bits per heavy atom. The predicted molar refractivity (Wildman–Crippen MR) is 78.0 cm³/mol. The fourth-order valence-electron chi connectivity index (χ4n) is 1.44. The smallest absolute Gasteiger partial charge is 0.241 e. The molecule has 2 aromatic heterocycles. The first-order chi connectivity index (χ1) is 9.33. The molecule has 0 aromatic carbocycles. The van der Waals surface area contributed by atoms with E-state index in [1.54, 1.807) is 35.0 Å². The lowest BCUT2D eigenvalue weighted by Gasteiger charge is -2.09. The first-order valence-corrected chi connectivity index (χ1v) is 7.44. The molecule has 102 valence electrons. The van der Waals surface area contributed by atoms with Crippen molar-refractivity contribution in [2.75, 3.05) is 35.7 Å². The normalized spacial score (nSPS) is 10.4. The minimum absolute atomic E-state index is 0.551. The number of anilines is 2. The van der Waals surface area contributed by atoms with E-state index >= 15 is 0 Å². The molecule has 0 aliphatic heterocycles. The molecule has 0 aliphatic carbocycles. The van der Waals surface area contributed by atoms with Crippen LogP contribution in [-0.2, 0) is 0 Å². The van der Waals surface area contributed by atoms with Crippen LogP contribution in [0.2, 0.25) is 0 Å². The average Bonchev–Trinajstić information content (AvgIpc) is 2.93. The molecule has 0 amide bonds. The molecule has 0 aliphatic rings.